The van der Waals surface area contributed by atoms with Gasteiger partial charge in [-0.25, -0.2) is 4.98 Å². The number of carbonyl (C=O) groups is 2. The number of nitrogens with zero attached hydrogens (tertiary/aromatic N) is 4. The number of hydrogen-bond donors (Lipinski definition) is 1. The summed E-state index contributed by atoms with van der Waals surface area (Å²) in [5, 5.41) is 6.90. The highest BCUT2D eigenvalue weighted by Gasteiger charge is 2.39. The number of aromatic nitrogens is 3. The first-order valence-corrected chi connectivity index (χ1v) is 7.66. The molecule has 0 aromatic carbocycles. The number of carbonyl (C=O) groups excluding carboxylic acids is 2. The van der Waals surface area contributed by atoms with Gasteiger partial charge in [0.15, 0.2) is 0 Å². The van der Waals surface area contributed by atoms with E-state index in [1.165, 1.54) is 6.33 Å². The molecule has 0 bridgehead atoms. The number of hydrogen-bond acceptors (Lipinski definition) is 4. The van der Waals surface area contributed by atoms with Crippen LogP contribution in [0.2, 0.25) is 0 Å². The highest BCUT2D eigenvalue weighted by atomic mass is 16.2. The Morgan fingerprint density at radius 2 is 2.10 bits per heavy atom. The van der Waals surface area contributed by atoms with Gasteiger partial charge in [0.05, 0.1) is 6.54 Å². The minimum atomic E-state index is -0.289. The number of likely N-dealkylation sites (tertiary alicyclic amines) is 1. The highest BCUT2D eigenvalue weighted by Crippen LogP contribution is 2.33. The molecule has 0 radical (unpaired) electrons. The Morgan fingerprint density at radius 1 is 1.24 bits per heavy atom. The lowest BCUT2D eigenvalue weighted by Gasteiger charge is -2.34. The van der Waals surface area contributed by atoms with Gasteiger partial charge in [0, 0.05) is 19.0 Å². The number of amides is 2. The molecule has 21 heavy (non-hydrogen) atoms. The SMILES string of the molecule is O=C(NCCn1cncn1)[C@H]1CCCCN1C(=O)C1CC1. The van der Waals surface area contributed by atoms with Crippen molar-refractivity contribution < 1.29 is 9.59 Å². The van der Waals surface area contributed by atoms with Crippen LogP contribution in [0.5, 0.6) is 0 Å². The average molecular weight is 291 g/mol. The van der Waals surface area contributed by atoms with Crippen LogP contribution in [0, 0.1) is 5.92 Å². The maximum absolute atomic E-state index is 12.3. The molecule has 2 heterocycles. The van der Waals surface area contributed by atoms with Crippen molar-refractivity contribution >= 4 is 11.8 Å². The zero-order valence-corrected chi connectivity index (χ0v) is 12.1. The van der Waals surface area contributed by atoms with Gasteiger partial charge in [-0.05, 0) is 32.1 Å². The summed E-state index contributed by atoms with van der Waals surface area (Å²) >= 11 is 0. The Kier molecular flexibility index (Phi) is 4.17. The normalized spacial score (nSPS) is 22.1. The van der Waals surface area contributed by atoms with Crippen LogP contribution in [-0.2, 0) is 16.1 Å². The number of nitrogens with one attached hydrogen (secondary N) is 1. The van der Waals surface area contributed by atoms with E-state index >= 15 is 0 Å². The molecule has 1 saturated heterocycles. The number of piperidine rings is 1. The molecule has 1 aliphatic heterocycles. The Balaban J connectivity index is 1.52. The van der Waals surface area contributed by atoms with Gasteiger partial charge < -0.3 is 10.2 Å². The van der Waals surface area contributed by atoms with Crippen molar-refractivity contribution in [1.82, 2.24) is 25.0 Å². The molecule has 1 atom stereocenters. The molecule has 7 nitrogen and oxygen atoms in total. The third-order valence-electron chi connectivity index (χ3n) is 4.12. The second-order valence-corrected chi connectivity index (χ2v) is 5.77. The molecule has 2 aliphatic rings. The van der Waals surface area contributed by atoms with Crippen LogP contribution in [0.1, 0.15) is 32.1 Å². The Bertz CT molecular complexity index is 497. The minimum Gasteiger partial charge on any atom is -0.352 e. The van der Waals surface area contributed by atoms with Crippen molar-refractivity contribution in [2.75, 3.05) is 13.1 Å². The van der Waals surface area contributed by atoms with E-state index in [-0.39, 0.29) is 23.8 Å². The molecule has 114 valence electrons. The van der Waals surface area contributed by atoms with E-state index in [0.29, 0.717) is 13.1 Å². The molecule has 1 aromatic heterocycles. The van der Waals surface area contributed by atoms with Crippen molar-refractivity contribution in [2.24, 2.45) is 5.92 Å². The van der Waals surface area contributed by atoms with Gasteiger partial charge >= 0.3 is 0 Å². The molecule has 2 amide bonds. The second kappa shape index (κ2) is 6.24. The molecule has 7 heteroatoms. The molecule has 0 spiro atoms. The molecule has 2 fully saturated rings. The fourth-order valence-electron chi connectivity index (χ4n) is 2.79. The third-order valence-corrected chi connectivity index (χ3v) is 4.12. The van der Waals surface area contributed by atoms with Crippen LogP contribution < -0.4 is 5.32 Å². The van der Waals surface area contributed by atoms with Crippen molar-refractivity contribution in [1.29, 1.82) is 0 Å². The lowest BCUT2D eigenvalue weighted by molar-refractivity contribution is -0.143. The average Bonchev–Trinajstić information content (AvgIpc) is 3.24. The molecular weight excluding hydrogens is 270 g/mol. The maximum Gasteiger partial charge on any atom is 0.242 e. The highest BCUT2D eigenvalue weighted by molar-refractivity contribution is 5.89. The summed E-state index contributed by atoms with van der Waals surface area (Å²) in [6.45, 7) is 1.82. The zero-order chi connectivity index (χ0) is 14.7. The van der Waals surface area contributed by atoms with Crippen LogP contribution in [0.25, 0.3) is 0 Å². The summed E-state index contributed by atoms with van der Waals surface area (Å²) in [6.07, 6.45) is 7.84. The molecule has 1 aromatic rings. The second-order valence-electron chi connectivity index (χ2n) is 5.77. The van der Waals surface area contributed by atoms with Gasteiger partial charge in [0.25, 0.3) is 0 Å². The van der Waals surface area contributed by atoms with Crippen LogP contribution in [0.3, 0.4) is 0 Å². The summed E-state index contributed by atoms with van der Waals surface area (Å²) in [4.78, 5) is 30.2. The molecule has 1 saturated carbocycles. The van der Waals surface area contributed by atoms with E-state index in [0.717, 1.165) is 38.6 Å². The standard InChI is InChI=1S/C14H21N5O2/c20-13(16-6-8-18-10-15-9-17-18)12-3-1-2-7-19(12)14(21)11-4-5-11/h9-12H,1-8H2,(H,16,20)/t12-/m1/s1. The fourth-order valence-corrected chi connectivity index (χ4v) is 2.79. The Morgan fingerprint density at radius 3 is 2.81 bits per heavy atom. The predicted octanol–water partition coefficient (Wildman–Crippen LogP) is 0.185. The van der Waals surface area contributed by atoms with Gasteiger partial charge in [-0.1, -0.05) is 0 Å². The van der Waals surface area contributed by atoms with E-state index in [9.17, 15) is 9.59 Å². The fraction of sp³-hybridized carbons (Fsp3) is 0.714. The van der Waals surface area contributed by atoms with Crippen molar-refractivity contribution in [3.63, 3.8) is 0 Å². The minimum absolute atomic E-state index is 0.0381. The first kappa shape index (κ1) is 14.0. The third kappa shape index (κ3) is 3.40. The van der Waals surface area contributed by atoms with Gasteiger partial charge in [0.1, 0.15) is 18.7 Å². The summed E-state index contributed by atoms with van der Waals surface area (Å²) in [6, 6.07) is -0.289. The summed E-state index contributed by atoms with van der Waals surface area (Å²) in [7, 11) is 0. The number of rotatable bonds is 5. The van der Waals surface area contributed by atoms with E-state index in [1.54, 1.807) is 15.9 Å². The maximum atomic E-state index is 12.3. The van der Waals surface area contributed by atoms with Crippen LogP contribution in [0.4, 0.5) is 0 Å². The Labute approximate surface area is 123 Å². The van der Waals surface area contributed by atoms with Gasteiger partial charge in [0.2, 0.25) is 11.8 Å². The molecule has 0 unspecified atom stereocenters. The van der Waals surface area contributed by atoms with Crippen molar-refractivity contribution in [3.8, 4) is 0 Å². The van der Waals surface area contributed by atoms with Crippen LogP contribution in [0.15, 0.2) is 12.7 Å². The molecule has 1 aliphatic carbocycles. The lowest BCUT2D eigenvalue weighted by atomic mass is 10.0. The summed E-state index contributed by atoms with van der Waals surface area (Å²) in [5.41, 5.74) is 0. The largest absolute Gasteiger partial charge is 0.352 e. The smallest absolute Gasteiger partial charge is 0.242 e. The van der Waals surface area contributed by atoms with Crippen molar-refractivity contribution in [3.05, 3.63) is 12.7 Å². The topological polar surface area (TPSA) is 80.1 Å². The van der Waals surface area contributed by atoms with E-state index in [1.807, 2.05) is 0 Å². The first-order valence-electron chi connectivity index (χ1n) is 7.66. The van der Waals surface area contributed by atoms with Gasteiger partial charge in [-0.15, -0.1) is 0 Å². The molecular formula is C14H21N5O2. The lowest BCUT2D eigenvalue weighted by Crippen LogP contribution is -2.52. The van der Waals surface area contributed by atoms with Crippen LogP contribution in [-0.4, -0.2) is 50.6 Å². The van der Waals surface area contributed by atoms with E-state index < -0.39 is 0 Å². The zero-order valence-electron chi connectivity index (χ0n) is 12.1. The first-order chi connectivity index (χ1) is 10.3. The van der Waals surface area contributed by atoms with Crippen molar-refractivity contribution in [2.45, 2.75) is 44.7 Å². The predicted molar refractivity (Wildman–Crippen MR) is 75.1 cm³/mol. The Hall–Kier alpha value is -1.92. The van der Waals surface area contributed by atoms with Gasteiger partial charge in [-0.3, -0.25) is 14.3 Å². The molecule has 1 N–H and O–H groups in total. The summed E-state index contributed by atoms with van der Waals surface area (Å²) in [5.74, 6) is 0.309. The van der Waals surface area contributed by atoms with E-state index in [4.69, 9.17) is 0 Å². The summed E-state index contributed by atoms with van der Waals surface area (Å²) < 4.78 is 1.67. The molecule has 3 rings (SSSR count). The quantitative estimate of drug-likeness (QED) is 0.839. The monoisotopic (exact) mass is 291 g/mol. The van der Waals surface area contributed by atoms with Gasteiger partial charge in [-0.2, -0.15) is 5.10 Å². The van der Waals surface area contributed by atoms with E-state index in [2.05, 4.69) is 15.4 Å². The van der Waals surface area contributed by atoms with Crippen LogP contribution >= 0.6 is 0 Å².